The molecule has 0 bridgehead atoms. The lowest BCUT2D eigenvalue weighted by atomic mass is 9.91. The molecule has 0 unspecified atom stereocenters. The third-order valence-electron chi connectivity index (χ3n) is 2.54. The molecular formula is C12H15N3O2. The third kappa shape index (κ3) is 2.00. The molecule has 2 rings (SSSR count). The molecule has 0 amide bonds. The van der Waals surface area contributed by atoms with Crippen molar-refractivity contribution < 1.29 is 9.90 Å². The molecular weight excluding hydrogens is 218 g/mol. The van der Waals surface area contributed by atoms with Crippen molar-refractivity contribution in [1.82, 2.24) is 14.6 Å². The Morgan fingerprint density at radius 2 is 2.00 bits per heavy atom. The Morgan fingerprint density at radius 1 is 1.35 bits per heavy atom. The summed E-state index contributed by atoms with van der Waals surface area (Å²) in [4.78, 5) is 15.2. The molecule has 0 aliphatic rings. The lowest BCUT2D eigenvalue weighted by molar-refractivity contribution is 0.0690. The Bertz CT molecular complexity index is 594. The molecule has 2 aromatic heterocycles. The standard InChI is InChI=1S/C12H15N3O2/c1-7-5-9(12(2,3)4)15-10(13-7)6-8(14-15)11(16)17/h5-6H,1-4H3,(H,16,17). The van der Waals surface area contributed by atoms with Gasteiger partial charge >= 0.3 is 5.97 Å². The lowest BCUT2D eigenvalue weighted by Crippen LogP contribution is -2.18. The van der Waals surface area contributed by atoms with E-state index in [1.54, 1.807) is 4.52 Å². The van der Waals surface area contributed by atoms with Crippen molar-refractivity contribution >= 4 is 11.6 Å². The van der Waals surface area contributed by atoms with Crippen molar-refractivity contribution in [2.24, 2.45) is 0 Å². The number of aromatic nitrogens is 3. The van der Waals surface area contributed by atoms with E-state index in [9.17, 15) is 4.79 Å². The Morgan fingerprint density at radius 3 is 2.53 bits per heavy atom. The zero-order chi connectivity index (χ0) is 12.8. The van der Waals surface area contributed by atoms with E-state index < -0.39 is 5.97 Å². The molecule has 5 nitrogen and oxygen atoms in total. The van der Waals surface area contributed by atoms with Crippen molar-refractivity contribution in [3.05, 3.63) is 29.2 Å². The van der Waals surface area contributed by atoms with Gasteiger partial charge < -0.3 is 5.11 Å². The molecule has 90 valence electrons. The van der Waals surface area contributed by atoms with Gasteiger partial charge in [0.2, 0.25) is 0 Å². The molecule has 0 radical (unpaired) electrons. The summed E-state index contributed by atoms with van der Waals surface area (Å²) in [6.45, 7) is 8.07. The van der Waals surface area contributed by atoms with Crippen LogP contribution in [-0.2, 0) is 5.41 Å². The quantitative estimate of drug-likeness (QED) is 0.818. The molecule has 2 aromatic rings. The summed E-state index contributed by atoms with van der Waals surface area (Å²) in [6.07, 6.45) is 0. The van der Waals surface area contributed by atoms with E-state index in [0.29, 0.717) is 5.65 Å². The van der Waals surface area contributed by atoms with Crippen LogP contribution in [0.4, 0.5) is 0 Å². The summed E-state index contributed by atoms with van der Waals surface area (Å²) < 4.78 is 1.61. The SMILES string of the molecule is Cc1cc(C(C)(C)C)n2nc(C(=O)O)cc2n1. The molecule has 0 aromatic carbocycles. The molecule has 5 heteroatoms. The normalized spacial score (nSPS) is 12.0. The van der Waals surface area contributed by atoms with Crippen LogP contribution in [0.2, 0.25) is 0 Å². The van der Waals surface area contributed by atoms with Crippen molar-refractivity contribution in [3.8, 4) is 0 Å². The summed E-state index contributed by atoms with van der Waals surface area (Å²) in [5, 5.41) is 13.0. The van der Waals surface area contributed by atoms with Gasteiger partial charge in [0.15, 0.2) is 11.3 Å². The average Bonchev–Trinajstić information content (AvgIpc) is 2.58. The summed E-state index contributed by atoms with van der Waals surface area (Å²) >= 11 is 0. The van der Waals surface area contributed by atoms with Crippen LogP contribution in [0.1, 0.15) is 42.6 Å². The molecule has 1 N–H and O–H groups in total. The Balaban J connectivity index is 2.79. The third-order valence-corrected chi connectivity index (χ3v) is 2.54. The summed E-state index contributed by atoms with van der Waals surface area (Å²) in [5.41, 5.74) is 2.29. The van der Waals surface area contributed by atoms with Crippen LogP contribution in [0.5, 0.6) is 0 Å². The first-order valence-corrected chi connectivity index (χ1v) is 5.40. The maximum atomic E-state index is 10.9. The van der Waals surface area contributed by atoms with Gasteiger partial charge in [-0.15, -0.1) is 0 Å². The van der Waals surface area contributed by atoms with Gasteiger partial charge in [-0.05, 0) is 13.0 Å². The van der Waals surface area contributed by atoms with Crippen LogP contribution in [0, 0.1) is 6.92 Å². The van der Waals surface area contributed by atoms with Crippen LogP contribution in [0.15, 0.2) is 12.1 Å². The predicted molar refractivity (Wildman–Crippen MR) is 63.4 cm³/mol. The van der Waals surface area contributed by atoms with E-state index in [1.165, 1.54) is 6.07 Å². The fourth-order valence-corrected chi connectivity index (χ4v) is 1.74. The van der Waals surface area contributed by atoms with Crippen molar-refractivity contribution in [2.75, 3.05) is 0 Å². The first-order valence-electron chi connectivity index (χ1n) is 5.40. The molecule has 17 heavy (non-hydrogen) atoms. The number of fused-ring (bicyclic) bond motifs is 1. The van der Waals surface area contributed by atoms with Crippen LogP contribution in [0.3, 0.4) is 0 Å². The monoisotopic (exact) mass is 233 g/mol. The maximum absolute atomic E-state index is 10.9. The Kier molecular flexibility index (Phi) is 2.41. The number of aryl methyl sites for hydroxylation is 1. The topological polar surface area (TPSA) is 67.5 Å². The van der Waals surface area contributed by atoms with Crippen molar-refractivity contribution in [3.63, 3.8) is 0 Å². The first kappa shape index (κ1) is 11.6. The molecule has 0 saturated carbocycles. The van der Waals surface area contributed by atoms with Crippen LogP contribution >= 0.6 is 0 Å². The second-order valence-electron chi connectivity index (χ2n) is 5.14. The number of carboxylic acids is 1. The molecule has 2 heterocycles. The minimum absolute atomic E-state index is 0.0219. The molecule has 0 fully saturated rings. The highest BCUT2D eigenvalue weighted by atomic mass is 16.4. The van der Waals surface area contributed by atoms with Gasteiger partial charge in [0, 0.05) is 17.2 Å². The largest absolute Gasteiger partial charge is 0.476 e. The zero-order valence-electron chi connectivity index (χ0n) is 10.4. The molecule has 0 atom stereocenters. The van der Waals surface area contributed by atoms with Gasteiger partial charge in [0.25, 0.3) is 0 Å². The highest BCUT2D eigenvalue weighted by Gasteiger charge is 2.21. The average molecular weight is 233 g/mol. The van der Waals surface area contributed by atoms with E-state index in [4.69, 9.17) is 5.11 Å². The van der Waals surface area contributed by atoms with Gasteiger partial charge in [-0.3, -0.25) is 0 Å². The van der Waals surface area contributed by atoms with Gasteiger partial charge in [-0.25, -0.2) is 14.3 Å². The van der Waals surface area contributed by atoms with Gasteiger partial charge in [0.05, 0.1) is 5.69 Å². The van der Waals surface area contributed by atoms with E-state index >= 15 is 0 Å². The van der Waals surface area contributed by atoms with Gasteiger partial charge in [-0.1, -0.05) is 20.8 Å². The fraction of sp³-hybridized carbons (Fsp3) is 0.417. The van der Waals surface area contributed by atoms with E-state index in [2.05, 4.69) is 30.9 Å². The summed E-state index contributed by atoms with van der Waals surface area (Å²) in [5.74, 6) is -1.03. The number of carboxylic acid groups (broad SMARTS) is 1. The number of rotatable bonds is 1. The van der Waals surface area contributed by atoms with Crippen LogP contribution < -0.4 is 0 Å². The molecule has 0 spiro atoms. The minimum atomic E-state index is -1.03. The molecule has 0 aliphatic heterocycles. The number of carbonyl (C=O) groups is 1. The Labute approximate surface area is 99.1 Å². The van der Waals surface area contributed by atoms with E-state index in [1.807, 2.05) is 13.0 Å². The van der Waals surface area contributed by atoms with Crippen molar-refractivity contribution in [2.45, 2.75) is 33.1 Å². The second-order valence-corrected chi connectivity index (χ2v) is 5.14. The van der Waals surface area contributed by atoms with E-state index in [-0.39, 0.29) is 11.1 Å². The number of hydrogen-bond donors (Lipinski definition) is 1. The Hall–Kier alpha value is -1.91. The highest BCUT2D eigenvalue weighted by Crippen LogP contribution is 2.23. The van der Waals surface area contributed by atoms with Gasteiger partial charge in [-0.2, -0.15) is 5.10 Å². The number of aromatic carboxylic acids is 1. The smallest absolute Gasteiger partial charge is 0.356 e. The number of nitrogens with zero attached hydrogens (tertiary/aromatic N) is 3. The molecule has 0 aliphatic carbocycles. The zero-order valence-corrected chi connectivity index (χ0v) is 10.4. The van der Waals surface area contributed by atoms with Gasteiger partial charge in [0.1, 0.15) is 0 Å². The molecule has 0 saturated heterocycles. The second kappa shape index (κ2) is 3.55. The van der Waals surface area contributed by atoms with Crippen LogP contribution in [0.25, 0.3) is 5.65 Å². The van der Waals surface area contributed by atoms with Crippen LogP contribution in [-0.4, -0.2) is 25.7 Å². The van der Waals surface area contributed by atoms with Crippen molar-refractivity contribution in [1.29, 1.82) is 0 Å². The van der Waals surface area contributed by atoms with E-state index in [0.717, 1.165) is 11.4 Å². The first-order chi connectivity index (χ1) is 7.79. The number of hydrogen-bond acceptors (Lipinski definition) is 3. The highest BCUT2D eigenvalue weighted by molar-refractivity contribution is 5.86. The minimum Gasteiger partial charge on any atom is -0.476 e. The predicted octanol–water partition coefficient (Wildman–Crippen LogP) is 2.03. The fourth-order valence-electron chi connectivity index (χ4n) is 1.74. The lowest BCUT2D eigenvalue weighted by Gasteiger charge is -2.20. The summed E-state index contributed by atoms with van der Waals surface area (Å²) in [6, 6.07) is 3.43. The summed E-state index contributed by atoms with van der Waals surface area (Å²) in [7, 11) is 0. The maximum Gasteiger partial charge on any atom is 0.356 e.